The van der Waals surface area contributed by atoms with Gasteiger partial charge in [-0.15, -0.1) is 0 Å². The van der Waals surface area contributed by atoms with Gasteiger partial charge in [0.15, 0.2) is 0 Å². The molecule has 0 saturated carbocycles. The minimum atomic E-state index is -0.00412. The van der Waals surface area contributed by atoms with Gasteiger partial charge in [0.25, 0.3) is 5.56 Å². The first-order valence-electron chi connectivity index (χ1n) is 5.40. The smallest absolute Gasteiger partial charge is 0.252 e. The van der Waals surface area contributed by atoms with Crippen LogP contribution in [0.4, 0.5) is 0 Å². The van der Waals surface area contributed by atoms with Crippen LogP contribution in [-0.4, -0.2) is 12.0 Å². The molecule has 0 aliphatic heterocycles. The van der Waals surface area contributed by atoms with E-state index < -0.39 is 0 Å². The summed E-state index contributed by atoms with van der Waals surface area (Å²) >= 11 is 0. The zero-order chi connectivity index (χ0) is 11.7. The predicted octanol–water partition coefficient (Wildman–Crippen LogP) is 1.86. The number of rotatable bonds is 2. The number of aryl methyl sites for hydroxylation is 2. The zero-order valence-electron chi connectivity index (χ0n) is 9.85. The lowest BCUT2D eigenvalue weighted by atomic mass is 10.0. The molecule has 0 spiro atoms. The zero-order valence-corrected chi connectivity index (χ0v) is 9.85. The number of H-pyrrole nitrogens is 1. The lowest BCUT2D eigenvalue weighted by molar-refractivity contribution is 0.807. The summed E-state index contributed by atoms with van der Waals surface area (Å²) in [6.45, 7) is 4.68. The van der Waals surface area contributed by atoms with Crippen LogP contribution in [0.25, 0.3) is 10.9 Å². The van der Waals surface area contributed by atoms with Crippen molar-refractivity contribution in [2.24, 2.45) is 0 Å². The maximum atomic E-state index is 11.8. The summed E-state index contributed by atoms with van der Waals surface area (Å²) in [5.74, 6) is 0. The summed E-state index contributed by atoms with van der Waals surface area (Å²) < 4.78 is 0. The van der Waals surface area contributed by atoms with Crippen LogP contribution in [0.2, 0.25) is 0 Å². The van der Waals surface area contributed by atoms with Gasteiger partial charge in [0, 0.05) is 12.1 Å². The lowest BCUT2D eigenvalue weighted by Crippen LogP contribution is -2.18. The summed E-state index contributed by atoms with van der Waals surface area (Å²) in [5.41, 5.74) is 4.06. The van der Waals surface area contributed by atoms with Gasteiger partial charge < -0.3 is 10.3 Å². The van der Waals surface area contributed by atoms with E-state index in [1.807, 2.05) is 26.1 Å². The summed E-state index contributed by atoms with van der Waals surface area (Å²) in [6, 6.07) is 6.09. The number of hydrogen-bond acceptors (Lipinski definition) is 2. The van der Waals surface area contributed by atoms with E-state index in [0.29, 0.717) is 6.54 Å². The highest BCUT2D eigenvalue weighted by atomic mass is 16.1. The van der Waals surface area contributed by atoms with Crippen molar-refractivity contribution in [3.05, 3.63) is 45.2 Å². The minimum absolute atomic E-state index is 0.00412. The molecular formula is C13H16N2O. The first kappa shape index (κ1) is 10.9. The Bertz CT molecular complexity index is 584. The second-order valence-electron chi connectivity index (χ2n) is 4.13. The molecule has 0 unspecified atom stereocenters. The largest absolute Gasteiger partial charge is 0.321 e. The lowest BCUT2D eigenvalue weighted by Gasteiger charge is -2.07. The van der Waals surface area contributed by atoms with Crippen LogP contribution in [0.5, 0.6) is 0 Å². The summed E-state index contributed by atoms with van der Waals surface area (Å²) in [6.07, 6.45) is 0. The van der Waals surface area contributed by atoms with Crippen molar-refractivity contribution in [2.75, 3.05) is 7.05 Å². The summed E-state index contributed by atoms with van der Waals surface area (Å²) in [5, 5.41) is 4.09. The maximum Gasteiger partial charge on any atom is 0.252 e. The van der Waals surface area contributed by atoms with Crippen LogP contribution in [0, 0.1) is 13.8 Å². The third-order valence-electron chi connectivity index (χ3n) is 3.00. The van der Waals surface area contributed by atoms with Gasteiger partial charge in [0.2, 0.25) is 0 Å². The second-order valence-corrected chi connectivity index (χ2v) is 4.13. The summed E-state index contributed by atoms with van der Waals surface area (Å²) in [7, 11) is 1.84. The van der Waals surface area contributed by atoms with Crippen LogP contribution in [-0.2, 0) is 6.54 Å². The van der Waals surface area contributed by atoms with Crippen molar-refractivity contribution in [3.8, 4) is 0 Å². The molecule has 2 rings (SSSR count). The van der Waals surface area contributed by atoms with Gasteiger partial charge in [0.05, 0.1) is 5.52 Å². The maximum absolute atomic E-state index is 11.8. The van der Waals surface area contributed by atoms with Crippen molar-refractivity contribution in [3.63, 3.8) is 0 Å². The van der Waals surface area contributed by atoms with Crippen molar-refractivity contribution < 1.29 is 0 Å². The molecule has 0 aliphatic rings. The second kappa shape index (κ2) is 4.10. The van der Waals surface area contributed by atoms with Crippen molar-refractivity contribution in [1.29, 1.82) is 0 Å². The standard InChI is InChI=1S/C13H16N2O/c1-8-4-5-10-6-11(7-14-3)13(16)15-12(10)9(8)2/h4-6,14H,7H2,1-3H3,(H,15,16). The Hall–Kier alpha value is -1.61. The average molecular weight is 216 g/mol. The molecule has 0 atom stereocenters. The van der Waals surface area contributed by atoms with Crippen molar-refractivity contribution in [2.45, 2.75) is 20.4 Å². The number of pyridine rings is 1. The fraction of sp³-hybridized carbons (Fsp3) is 0.308. The average Bonchev–Trinajstić information content (AvgIpc) is 2.26. The van der Waals surface area contributed by atoms with Gasteiger partial charge in [-0.2, -0.15) is 0 Å². The molecule has 1 heterocycles. The van der Waals surface area contributed by atoms with E-state index in [0.717, 1.165) is 22.0 Å². The molecule has 16 heavy (non-hydrogen) atoms. The Morgan fingerprint density at radius 1 is 1.31 bits per heavy atom. The molecule has 1 aromatic heterocycles. The summed E-state index contributed by atoms with van der Waals surface area (Å²) in [4.78, 5) is 14.7. The number of aromatic nitrogens is 1. The van der Waals surface area contributed by atoms with Crippen LogP contribution in [0.3, 0.4) is 0 Å². The molecule has 1 aromatic carbocycles. The van der Waals surface area contributed by atoms with Gasteiger partial charge in [-0.25, -0.2) is 0 Å². The highest BCUT2D eigenvalue weighted by Gasteiger charge is 2.05. The highest BCUT2D eigenvalue weighted by molar-refractivity contribution is 5.83. The molecule has 0 radical (unpaired) electrons. The van der Waals surface area contributed by atoms with Gasteiger partial charge >= 0.3 is 0 Å². The molecule has 84 valence electrons. The van der Waals surface area contributed by atoms with E-state index in [4.69, 9.17) is 0 Å². The number of hydrogen-bond donors (Lipinski definition) is 2. The van der Waals surface area contributed by atoms with Gasteiger partial charge in [-0.3, -0.25) is 4.79 Å². The molecule has 2 N–H and O–H groups in total. The van der Waals surface area contributed by atoms with Crippen LogP contribution < -0.4 is 10.9 Å². The van der Waals surface area contributed by atoms with E-state index >= 15 is 0 Å². The van der Waals surface area contributed by atoms with Crippen LogP contribution in [0.15, 0.2) is 23.0 Å². The van der Waals surface area contributed by atoms with Crippen LogP contribution in [0.1, 0.15) is 16.7 Å². The molecule has 0 aliphatic carbocycles. The highest BCUT2D eigenvalue weighted by Crippen LogP contribution is 2.18. The molecule has 3 nitrogen and oxygen atoms in total. The quantitative estimate of drug-likeness (QED) is 0.805. The molecule has 0 bridgehead atoms. The van der Waals surface area contributed by atoms with Gasteiger partial charge in [-0.05, 0) is 43.5 Å². The van der Waals surface area contributed by atoms with E-state index in [1.165, 1.54) is 5.56 Å². The van der Waals surface area contributed by atoms with Crippen molar-refractivity contribution in [1.82, 2.24) is 10.3 Å². The number of benzene rings is 1. The molecule has 0 amide bonds. The molecule has 3 heteroatoms. The third kappa shape index (κ3) is 1.74. The predicted molar refractivity (Wildman–Crippen MR) is 66.8 cm³/mol. The molecular weight excluding hydrogens is 200 g/mol. The van der Waals surface area contributed by atoms with Gasteiger partial charge in [-0.1, -0.05) is 12.1 Å². The molecule has 0 saturated heterocycles. The fourth-order valence-corrected chi connectivity index (χ4v) is 1.89. The third-order valence-corrected chi connectivity index (χ3v) is 3.00. The Kier molecular flexibility index (Phi) is 2.79. The van der Waals surface area contributed by atoms with Crippen molar-refractivity contribution >= 4 is 10.9 Å². The topological polar surface area (TPSA) is 44.9 Å². The van der Waals surface area contributed by atoms with E-state index in [1.54, 1.807) is 0 Å². The first-order chi connectivity index (χ1) is 7.63. The number of nitrogens with one attached hydrogen (secondary N) is 2. The number of fused-ring (bicyclic) bond motifs is 1. The first-order valence-corrected chi connectivity index (χ1v) is 5.40. The Balaban J connectivity index is 2.74. The Morgan fingerprint density at radius 3 is 2.75 bits per heavy atom. The molecule has 2 aromatic rings. The van der Waals surface area contributed by atoms with E-state index in [2.05, 4.69) is 23.3 Å². The van der Waals surface area contributed by atoms with E-state index in [-0.39, 0.29) is 5.56 Å². The number of aromatic amines is 1. The fourth-order valence-electron chi connectivity index (χ4n) is 1.89. The normalized spacial score (nSPS) is 10.9. The molecule has 0 fully saturated rings. The van der Waals surface area contributed by atoms with E-state index in [9.17, 15) is 4.79 Å². The SMILES string of the molecule is CNCc1cc2ccc(C)c(C)c2[nH]c1=O. The van der Waals surface area contributed by atoms with Gasteiger partial charge in [0.1, 0.15) is 0 Å². The Labute approximate surface area is 94.5 Å². The monoisotopic (exact) mass is 216 g/mol. The van der Waals surface area contributed by atoms with Crippen LogP contribution >= 0.6 is 0 Å². The Morgan fingerprint density at radius 2 is 2.06 bits per heavy atom. The minimum Gasteiger partial charge on any atom is -0.321 e.